The third kappa shape index (κ3) is 7.11. The second kappa shape index (κ2) is 12.1. The van der Waals surface area contributed by atoms with E-state index in [0.29, 0.717) is 18.2 Å². The standard InChI is InChI=1S/C19H31N5O.HI/c1-4-10-24-11-8-17(9-12-24)23-19(21-3)22-14-15-6-5-7-16(13-15)18(25)20-2;/h5-7,13,17H,4,8-12,14H2,1-3H3,(H,20,25)(H2,21,22,23);1H. The maximum absolute atomic E-state index is 11.7. The second-order valence-electron chi connectivity index (χ2n) is 6.47. The average molecular weight is 473 g/mol. The van der Waals surface area contributed by atoms with Crippen LogP contribution in [0.5, 0.6) is 0 Å². The Morgan fingerprint density at radius 1 is 1.31 bits per heavy atom. The van der Waals surface area contributed by atoms with Gasteiger partial charge in [-0.1, -0.05) is 19.1 Å². The number of halogens is 1. The summed E-state index contributed by atoms with van der Waals surface area (Å²) in [6.45, 7) is 6.36. The van der Waals surface area contributed by atoms with Crippen molar-refractivity contribution in [3.63, 3.8) is 0 Å². The number of hydrogen-bond acceptors (Lipinski definition) is 3. The molecule has 1 aromatic rings. The summed E-state index contributed by atoms with van der Waals surface area (Å²) in [6.07, 6.45) is 3.51. The molecule has 146 valence electrons. The summed E-state index contributed by atoms with van der Waals surface area (Å²) in [5.74, 6) is 0.752. The van der Waals surface area contributed by atoms with Crippen LogP contribution in [0.2, 0.25) is 0 Å². The number of amides is 1. The first-order valence-electron chi connectivity index (χ1n) is 9.16. The van der Waals surface area contributed by atoms with E-state index in [1.807, 2.05) is 24.3 Å². The molecule has 1 saturated heterocycles. The minimum Gasteiger partial charge on any atom is -0.355 e. The third-order valence-corrected chi connectivity index (χ3v) is 4.57. The number of rotatable bonds is 6. The van der Waals surface area contributed by atoms with Crippen molar-refractivity contribution in [1.29, 1.82) is 0 Å². The van der Waals surface area contributed by atoms with Gasteiger partial charge in [-0.25, -0.2) is 0 Å². The lowest BCUT2D eigenvalue weighted by atomic mass is 10.1. The molecule has 6 nitrogen and oxygen atoms in total. The summed E-state index contributed by atoms with van der Waals surface area (Å²) in [4.78, 5) is 18.6. The average Bonchev–Trinajstić information content (AvgIpc) is 2.66. The number of carbonyl (C=O) groups excluding carboxylic acids is 1. The van der Waals surface area contributed by atoms with Crippen LogP contribution in [-0.4, -0.2) is 56.5 Å². The molecule has 0 saturated carbocycles. The van der Waals surface area contributed by atoms with E-state index in [9.17, 15) is 4.79 Å². The van der Waals surface area contributed by atoms with Crippen LogP contribution in [0, 0.1) is 0 Å². The number of likely N-dealkylation sites (tertiary alicyclic amines) is 1. The zero-order valence-electron chi connectivity index (χ0n) is 16.0. The van der Waals surface area contributed by atoms with Crippen molar-refractivity contribution >= 4 is 35.8 Å². The van der Waals surface area contributed by atoms with Crippen LogP contribution < -0.4 is 16.0 Å². The van der Waals surface area contributed by atoms with Crippen molar-refractivity contribution in [1.82, 2.24) is 20.9 Å². The molecule has 1 fully saturated rings. The molecule has 2 rings (SSSR count). The lowest BCUT2D eigenvalue weighted by Gasteiger charge is -2.32. The van der Waals surface area contributed by atoms with Crippen molar-refractivity contribution in [2.75, 3.05) is 33.7 Å². The van der Waals surface area contributed by atoms with Crippen LogP contribution in [0.3, 0.4) is 0 Å². The van der Waals surface area contributed by atoms with Gasteiger partial charge in [-0.15, -0.1) is 24.0 Å². The Morgan fingerprint density at radius 3 is 2.65 bits per heavy atom. The number of hydrogen-bond donors (Lipinski definition) is 3. The van der Waals surface area contributed by atoms with Crippen LogP contribution in [0.15, 0.2) is 29.3 Å². The number of nitrogens with one attached hydrogen (secondary N) is 3. The highest BCUT2D eigenvalue weighted by atomic mass is 127. The van der Waals surface area contributed by atoms with Crippen LogP contribution in [0.1, 0.15) is 42.1 Å². The van der Waals surface area contributed by atoms with Gasteiger partial charge in [-0.05, 0) is 43.5 Å². The molecule has 1 aliphatic heterocycles. The number of benzene rings is 1. The normalized spacial score (nSPS) is 15.9. The Hall–Kier alpha value is -1.35. The molecule has 3 N–H and O–H groups in total. The molecule has 1 aliphatic rings. The molecule has 26 heavy (non-hydrogen) atoms. The first-order chi connectivity index (χ1) is 12.2. The van der Waals surface area contributed by atoms with E-state index in [-0.39, 0.29) is 29.9 Å². The van der Waals surface area contributed by atoms with Gasteiger partial charge in [0.25, 0.3) is 5.91 Å². The fourth-order valence-electron chi connectivity index (χ4n) is 3.16. The van der Waals surface area contributed by atoms with Crippen LogP contribution >= 0.6 is 24.0 Å². The molecule has 1 aromatic carbocycles. The maximum atomic E-state index is 11.7. The quantitative estimate of drug-likeness (QED) is 0.337. The van der Waals surface area contributed by atoms with E-state index in [0.717, 1.165) is 37.5 Å². The Labute approximate surface area is 174 Å². The number of nitrogens with zero attached hydrogens (tertiary/aromatic N) is 2. The zero-order chi connectivity index (χ0) is 18.1. The fraction of sp³-hybridized carbons (Fsp3) is 0.579. The highest BCUT2D eigenvalue weighted by Crippen LogP contribution is 2.10. The SMILES string of the molecule is CCCN1CCC(NC(=NC)NCc2cccc(C(=O)NC)c2)CC1.I. The molecule has 0 unspecified atom stereocenters. The van der Waals surface area contributed by atoms with E-state index in [1.54, 1.807) is 14.1 Å². The summed E-state index contributed by atoms with van der Waals surface area (Å²) in [5.41, 5.74) is 1.73. The lowest BCUT2D eigenvalue weighted by molar-refractivity contribution is 0.0963. The van der Waals surface area contributed by atoms with Gasteiger partial charge < -0.3 is 20.9 Å². The van der Waals surface area contributed by atoms with Gasteiger partial charge in [0.15, 0.2) is 5.96 Å². The smallest absolute Gasteiger partial charge is 0.251 e. The van der Waals surface area contributed by atoms with Gasteiger partial charge in [-0.3, -0.25) is 9.79 Å². The molecule has 1 amide bonds. The maximum Gasteiger partial charge on any atom is 0.251 e. The van der Waals surface area contributed by atoms with Crippen molar-refractivity contribution < 1.29 is 4.79 Å². The van der Waals surface area contributed by atoms with Crippen molar-refractivity contribution in [2.24, 2.45) is 4.99 Å². The van der Waals surface area contributed by atoms with Gasteiger partial charge >= 0.3 is 0 Å². The van der Waals surface area contributed by atoms with E-state index in [1.165, 1.54) is 13.0 Å². The molecule has 0 aliphatic carbocycles. The largest absolute Gasteiger partial charge is 0.355 e. The molecular weight excluding hydrogens is 441 g/mol. The van der Waals surface area contributed by atoms with Crippen LogP contribution in [-0.2, 0) is 6.54 Å². The first-order valence-corrected chi connectivity index (χ1v) is 9.16. The monoisotopic (exact) mass is 473 g/mol. The highest BCUT2D eigenvalue weighted by molar-refractivity contribution is 14.0. The van der Waals surface area contributed by atoms with Gasteiger partial charge in [0.1, 0.15) is 0 Å². The first kappa shape index (κ1) is 22.7. The summed E-state index contributed by atoms with van der Waals surface area (Å²) in [6, 6.07) is 8.11. The Bertz CT molecular complexity index is 585. The summed E-state index contributed by atoms with van der Waals surface area (Å²) in [5, 5.41) is 9.52. The molecule has 0 spiro atoms. The van der Waals surface area contributed by atoms with Crippen LogP contribution in [0.4, 0.5) is 0 Å². The molecule has 1 heterocycles. The van der Waals surface area contributed by atoms with E-state index in [4.69, 9.17) is 0 Å². The number of piperidine rings is 1. The number of carbonyl (C=O) groups is 1. The van der Waals surface area contributed by atoms with E-state index < -0.39 is 0 Å². The molecular formula is C19H32IN5O. The van der Waals surface area contributed by atoms with Gasteiger partial charge in [-0.2, -0.15) is 0 Å². The van der Waals surface area contributed by atoms with E-state index >= 15 is 0 Å². The van der Waals surface area contributed by atoms with Gasteiger partial charge in [0.2, 0.25) is 0 Å². The minimum atomic E-state index is -0.0665. The van der Waals surface area contributed by atoms with Gasteiger partial charge in [0.05, 0.1) is 0 Å². The highest BCUT2D eigenvalue weighted by Gasteiger charge is 2.19. The zero-order valence-corrected chi connectivity index (χ0v) is 18.4. The fourth-order valence-corrected chi connectivity index (χ4v) is 3.16. The third-order valence-electron chi connectivity index (χ3n) is 4.57. The Kier molecular flexibility index (Phi) is 10.6. The molecule has 0 radical (unpaired) electrons. The van der Waals surface area contributed by atoms with Crippen molar-refractivity contribution in [3.8, 4) is 0 Å². The molecule has 0 atom stereocenters. The molecule has 0 aromatic heterocycles. The minimum absolute atomic E-state index is 0. The summed E-state index contributed by atoms with van der Waals surface area (Å²) >= 11 is 0. The Balaban J connectivity index is 0.00000338. The molecule has 0 bridgehead atoms. The number of aliphatic imine (C=N–C) groups is 1. The van der Waals surface area contributed by atoms with E-state index in [2.05, 4.69) is 32.8 Å². The topological polar surface area (TPSA) is 68.8 Å². The lowest BCUT2D eigenvalue weighted by Crippen LogP contribution is -2.48. The summed E-state index contributed by atoms with van der Waals surface area (Å²) < 4.78 is 0. The van der Waals surface area contributed by atoms with Crippen LogP contribution in [0.25, 0.3) is 0 Å². The van der Waals surface area contributed by atoms with Crippen molar-refractivity contribution in [2.45, 2.75) is 38.8 Å². The van der Waals surface area contributed by atoms with Crippen molar-refractivity contribution in [3.05, 3.63) is 35.4 Å². The summed E-state index contributed by atoms with van der Waals surface area (Å²) in [7, 11) is 3.44. The second-order valence-corrected chi connectivity index (χ2v) is 6.47. The predicted octanol–water partition coefficient (Wildman–Crippen LogP) is 2.20. The Morgan fingerprint density at radius 2 is 2.04 bits per heavy atom. The van der Waals surface area contributed by atoms with Gasteiger partial charge in [0, 0.05) is 45.3 Å². The number of guanidine groups is 1. The molecule has 7 heteroatoms. The predicted molar refractivity (Wildman–Crippen MR) is 118 cm³/mol.